The molecule has 13 rings (SSSR count). The van der Waals surface area contributed by atoms with E-state index in [-0.39, 0.29) is 5.41 Å². The number of unbranched alkanes of at least 4 members (excludes halogenated alkanes) is 10. The van der Waals surface area contributed by atoms with Gasteiger partial charge in [-0.2, -0.15) is 0 Å². The molecule has 0 saturated heterocycles. The molecule has 0 atom stereocenters. The number of hydrogen-bond donors (Lipinski definition) is 0. The number of benzene rings is 11. The van der Waals surface area contributed by atoms with Crippen LogP contribution >= 0.6 is 0 Å². The Morgan fingerprint density at radius 1 is 0.300 bits per heavy atom. The second kappa shape index (κ2) is 26.9. The smallest absolute Gasteiger partial charge is 0.0547 e. The van der Waals surface area contributed by atoms with Crippen molar-refractivity contribution < 1.29 is 0 Å². The summed E-state index contributed by atoms with van der Waals surface area (Å²) in [5.41, 5.74) is 29.2. The van der Waals surface area contributed by atoms with Crippen molar-refractivity contribution in [2.24, 2.45) is 0 Å². The molecule has 11 aromatic carbocycles. The van der Waals surface area contributed by atoms with Gasteiger partial charge in [-0.3, -0.25) is 0 Å². The van der Waals surface area contributed by atoms with Gasteiger partial charge in [0.25, 0.3) is 0 Å². The number of rotatable bonds is 24. The van der Waals surface area contributed by atoms with Crippen LogP contribution in [-0.2, 0) is 5.41 Å². The van der Waals surface area contributed by atoms with Crippen LogP contribution in [0.25, 0.3) is 72.0 Å². The van der Waals surface area contributed by atoms with Crippen molar-refractivity contribution in [3.8, 4) is 50.2 Å². The predicted octanol–water partition coefficient (Wildman–Crippen LogP) is 25.7. The molecule has 0 unspecified atom stereocenters. The Kier molecular flexibility index (Phi) is 17.9. The second-order valence-corrected chi connectivity index (χ2v) is 25.8. The van der Waals surface area contributed by atoms with Crippen molar-refractivity contribution in [3.63, 3.8) is 0 Å². The van der Waals surface area contributed by atoms with Gasteiger partial charge in [-0.05, 0) is 216 Å². The molecule has 1 aliphatic carbocycles. The Labute approximate surface area is 536 Å². The molecule has 3 heteroatoms. The highest BCUT2D eigenvalue weighted by Crippen LogP contribution is 2.56. The number of anilines is 6. The van der Waals surface area contributed by atoms with E-state index < -0.39 is 0 Å². The summed E-state index contributed by atoms with van der Waals surface area (Å²) in [6, 6.07) is 93.0. The maximum absolute atomic E-state index is 2.65. The quantitative estimate of drug-likeness (QED) is 0.0559. The van der Waals surface area contributed by atoms with Crippen LogP contribution in [0.15, 0.2) is 249 Å². The molecule has 0 N–H and O–H groups in total. The van der Waals surface area contributed by atoms with Gasteiger partial charge in [-0.15, -0.1) is 0 Å². The number of hydrogen-bond acceptors (Lipinski definition) is 2. The van der Waals surface area contributed by atoms with Crippen LogP contribution in [-0.4, -0.2) is 4.57 Å². The molecule has 3 nitrogen and oxygen atoms in total. The lowest BCUT2D eigenvalue weighted by atomic mass is 9.69. The molecular weight excluding hydrogens is 1090 g/mol. The van der Waals surface area contributed by atoms with Crippen molar-refractivity contribution in [2.45, 2.75) is 137 Å². The number of para-hydroxylation sites is 3. The molecular formula is C87H87N3. The van der Waals surface area contributed by atoms with E-state index in [4.69, 9.17) is 0 Å². The Morgan fingerprint density at radius 2 is 0.700 bits per heavy atom. The summed E-state index contributed by atoms with van der Waals surface area (Å²) < 4.78 is 2.43. The number of fused-ring (bicyclic) bond motifs is 6. The molecule has 450 valence electrons. The maximum Gasteiger partial charge on any atom is 0.0547 e. The predicted molar refractivity (Wildman–Crippen MR) is 388 cm³/mol. The first-order chi connectivity index (χ1) is 44.2. The first kappa shape index (κ1) is 59.8. The molecule has 90 heavy (non-hydrogen) atoms. The third kappa shape index (κ3) is 12.1. The highest BCUT2D eigenvalue weighted by Gasteiger charge is 2.43. The van der Waals surface area contributed by atoms with Crippen molar-refractivity contribution >= 4 is 55.9 Å². The van der Waals surface area contributed by atoms with Crippen LogP contribution in [0.5, 0.6) is 0 Å². The van der Waals surface area contributed by atoms with E-state index in [9.17, 15) is 0 Å². The molecule has 0 fully saturated rings. The van der Waals surface area contributed by atoms with Crippen molar-refractivity contribution in [1.82, 2.24) is 4.57 Å². The fraction of sp³-hybridized carbons (Fsp3) is 0.241. The third-order valence-corrected chi connectivity index (χ3v) is 19.7. The van der Waals surface area contributed by atoms with Gasteiger partial charge in [0.15, 0.2) is 0 Å². The summed E-state index contributed by atoms with van der Waals surface area (Å²) in [4.78, 5) is 4.72. The summed E-state index contributed by atoms with van der Waals surface area (Å²) >= 11 is 0. The van der Waals surface area contributed by atoms with Gasteiger partial charge < -0.3 is 14.4 Å². The fourth-order valence-corrected chi connectivity index (χ4v) is 14.7. The maximum atomic E-state index is 2.65. The monoisotopic (exact) mass is 1170 g/mol. The van der Waals surface area contributed by atoms with E-state index in [1.54, 1.807) is 11.1 Å². The highest BCUT2D eigenvalue weighted by molar-refractivity contribution is 6.10. The molecule has 0 spiro atoms. The minimum absolute atomic E-state index is 0.0256. The summed E-state index contributed by atoms with van der Waals surface area (Å²) in [5.74, 6) is 0. The van der Waals surface area contributed by atoms with E-state index in [0.29, 0.717) is 0 Å². The van der Waals surface area contributed by atoms with Crippen LogP contribution < -0.4 is 9.80 Å². The normalized spacial score (nSPS) is 12.4. The molecule has 0 saturated carbocycles. The Balaban J connectivity index is 0.797. The van der Waals surface area contributed by atoms with Gasteiger partial charge in [0.05, 0.1) is 11.0 Å². The van der Waals surface area contributed by atoms with E-state index in [0.717, 1.165) is 39.8 Å². The number of aryl methyl sites for hydroxylation is 4. The van der Waals surface area contributed by atoms with Crippen molar-refractivity contribution in [3.05, 3.63) is 282 Å². The van der Waals surface area contributed by atoms with Gasteiger partial charge in [0, 0.05) is 56.0 Å². The lowest BCUT2D eigenvalue weighted by molar-refractivity contribution is 0.397. The largest absolute Gasteiger partial charge is 0.311 e. The zero-order valence-electron chi connectivity index (χ0n) is 53.9. The molecule has 1 aliphatic rings. The lowest BCUT2D eigenvalue weighted by Crippen LogP contribution is -2.26. The van der Waals surface area contributed by atoms with Crippen molar-refractivity contribution in [1.29, 1.82) is 0 Å². The molecule has 0 amide bonds. The van der Waals surface area contributed by atoms with Gasteiger partial charge in [0.1, 0.15) is 0 Å². The Bertz CT molecular complexity index is 4330. The molecule has 0 bridgehead atoms. The molecule has 0 aliphatic heterocycles. The van der Waals surface area contributed by atoms with Crippen molar-refractivity contribution in [2.75, 3.05) is 9.80 Å². The summed E-state index contributed by atoms with van der Waals surface area (Å²) in [6.45, 7) is 13.8. The van der Waals surface area contributed by atoms with E-state index in [1.807, 2.05) is 0 Å². The van der Waals surface area contributed by atoms with Gasteiger partial charge in [-0.1, -0.05) is 242 Å². The zero-order valence-corrected chi connectivity index (χ0v) is 53.9. The SMILES string of the molecule is CCCCCCCCC1(CCCCCCCC)c2cc(C)c(C)cc2-c2cc(C)c(-c3ccc(N(c4ccc(C)cc4)c4ccc(-c5ccc6c7ccccc7n(-c7ccc(-c8ccc(N(c9ccccc9)c9ccccc9)cc8)cc7)c6c5)cc4)cc3)cc21. The number of nitrogens with zero attached hydrogens (tertiary/aromatic N) is 3. The zero-order chi connectivity index (χ0) is 61.6. The van der Waals surface area contributed by atoms with Crippen LogP contribution in [0.2, 0.25) is 0 Å². The van der Waals surface area contributed by atoms with Crippen LogP contribution in [0.3, 0.4) is 0 Å². The topological polar surface area (TPSA) is 11.4 Å². The first-order valence-electron chi connectivity index (χ1n) is 33.7. The standard InChI is InChI=1S/C87H87N3/c1-7-9-11-13-15-25-55-87(56-26-16-14-12-10-8-2)83-59-64(5)63(4)57-81(83)82-58-65(6)80(61-84(82)87)69-41-52-76(53-42-69)89(73-44-33-62(3)34-45-73)75-48-39-68(40-49-75)70-43-54-79-78-31-23-24-32-85(78)90(86(79)60-70)77-50-37-67(38-51-77)66-35-46-74(47-36-66)88(71-27-19-17-20-28-71)72-29-21-18-22-30-72/h17-24,27-54,57-61H,7-16,25-26,55-56H2,1-6H3. The first-order valence-corrected chi connectivity index (χ1v) is 33.7. The fourth-order valence-electron chi connectivity index (χ4n) is 14.7. The summed E-state index contributed by atoms with van der Waals surface area (Å²) in [6.07, 6.45) is 18.3. The highest BCUT2D eigenvalue weighted by atomic mass is 15.1. The molecule has 0 radical (unpaired) electrons. The van der Waals surface area contributed by atoms with E-state index in [2.05, 4.69) is 305 Å². The summed E-state index contributed by atoms with van der Waals surface area (Å²) in [7, 11) is 0. The minimum atomic E-state index is 0.0256. The number of aromatic nitrogens is 1. The van der Waals surface area contributed by atoms with Crippen LogP contribution in [0.1, 0.15) is 137 Å². The third-order valence-electron chi connectivity index (χ3n) is 19.7. The van der Waals surface area contributed by atoms with Gasteiger partial charge in [0.2, 0.25) is 0 Å². The van der Waals surface area contributed by atoms with Crippen LogP contribution in [0.4, 0.5) is 34.1 Å². The van der Waals surface area contributed by atoms with Crippen LogP contribution in [0, 0.1) is 27.7 Å². The van der Waals surface area contributed by atoms with E-state index in [1.165, 1.54) is 178 Å². The lowest BCUT2D eigenvalue weighted by Gasteiger charge is -2.34. The van der Waals surface area contributed by atoms with E-state index >= 15 is 0 Å². The summed E-state index contributed by atoms with van der Waals surface area (Å²) in [5, 5.41) is 2.49. The Morgan fingerprint density at radius 3 is 1.24 bits per heavy atom. The molecule has 12 aromatic rings. The Hall–Kier alpha value is -9.18. The average molecular weight is 1170 g/mol. The van der Waals surface area contributed by atoms with Gasteiger partial charge >= 0.3 is 0 Å². The second-order valence-electron chi connectivity index (χ2n) is 25.8. The molecule has 1 heterocycles. The average Bonchev–Trinajstić information content (AvgIpc) is 1.59. The molecule has 1 aromatic heterocycles. The van der Waals surface area contributed by atoms with Gasteiger partial charge in [-0.25, -0.2) is 0 Å². The minimum Gasteiger partial charge on any atom is -0.311 e.